The molecule has 0 spiro atoms. The van der Waals surface area contributed by atoms with Gasteiger partial charge in [0.2, 0.25) is 0 Å². The lowest BCUT2D eigenvalue weighted by Crippen LogP contribution is -2.06. The van der Waals surface area contributed by atoms with Gasteiger partial charge in [-0.05, 0) is 42.0 Å². The number of fused-ring (bicyclic) bond motifs is 1. The largest absolute Gasteiger partial charge is 0.497 e. The molecule has 0 saturated carbocycles. The molecule has 0 atom stereocenters. The molecule has 2 heterocycles. The zero-order chi connectivity index (χ0) is 19.7. The molecule has 4 aromatic rings. The van der Waals surface area contributed by atoms with Gasteiger partial charge in [0.15, 0.2) is 15.5 Å². The highest BCUT2D eigenvalue weighted by Gasteiger charge is 2.17. The Balaban J connectivity index is 1.67. The molecular formula is C19H17N5O3S. The van der Waals surface area contributed by atoms with Gasteiger partial charge in [-0.3, -0.25) is 0 Å². The quantitative estimate of drug-likeness (QED) is 0.552. The minimum atomic E-state index is -3.50. The van der Waals surface area contributed by atoms with Crippen LogP contribution in [0, 0.1) is 0 Å². The maximum absolute atomic E-state index is 12.8. The van der Waals surface area contributed by atoms with E-state index in [9.17, 15) is 8.42 Å². The standard InChI is InChI=1S/C19H17N5O3S/c1-27-15-5-7-16(8-6-15)28(25,26)11-13-3-2-4-14(9-13)24-19-17(10-23-24)18(20)21-12-22-19/h2-10,12H,11H2,1H3,(H2,20,21,22). The van der Waals surface area contributed by atoms with Gasteiger partial charge < -0.3 is 10.5 Å². The van der Waals surface area contributed by atoms with Crippen molar-refractivity contribution in [3.8, 4) is 11.4 Å². The first-order valence-corrected chi connectivity index (χ1v) is 10.0. The van der Waals surface area contributed by atoms with Crippen molar-refractivity contribution in [1.82, 2.24) is 19.7 Å². The maximum atomic E-state index is 12.8. The number of benzene rings is 2. The molecule has 28 heavy (non-hydrogen) atoms. The van der Waals surface area contributed by atoms with Gasteiger partial charge in [0.1, 0.15) is 17.9 Å². The van der Waals surface area contributed by atoms with Crippen molar-refractivity contribution >= 4 is 26.7 Å². The first-order valence-electron chi connectivity index (χ1n) is 8.38. The number of rotatable bonds is 5. The van der Waals surface area contributed by atoms with E-state index in [-0.39, 0.29) is 10.6 Å². The first-order chi connectivity index (χ1) is 13.5. The summed E-state index contributed by atoms with van der Waals surface area (Å²) >= 11 is 0. The van der Waals surface area contributed by atoms with Crippen LogP contribution < -0.4 is 10.5 Å². The van der Waals surface area contributed by atoms with Crippen LogP contribution in [0.1, 0.15) is 5.56 Å². The second-order valence-corrected chi connectivity index (χ2v) is 8.15. The van der Waals surface area contributed by atoms with E-state index in [1.54, 1.807) is 53.3 Å². The molecule has 0 aliphatic rings. The Morgan fingerprint density at radius 2 is 1.89 bits per heavy atom. The third-order valence-electron chi connectivity index (χ3n) is 4.33. The van der Waals surface area contributed by atoms with Crippen LogP contribution in [0.2, 0.25) is 0 Å². The summed E-state index contributed by atoms with van der Waals surface area (Å²) in [5.74, 6) is 0.811. The SMILES string of the molecule is COc1ccc(S(=O)(=O)Cc2cccc(-n3ncc4c(N)ncnc43)c2)cc1. The van der Waals surface area contributed by atoms with E-state index < -0.39 is 9.84 Å². The third kappa shape index (κ3) is 3.27. The van der Waals surface area contributed by atoms with Gasteiger partial charge in [0.25, 0.3) is 0 Å². The number of methoxy groups -OCH3 is 1. The molecule has 9 heteroatoms. The van der Waals surface area contributed by atoms with Gasteiger partial charge in [0, 0.05) is 0 Å². The highest BCUT2D eigenvalue weighted by Crippen LogP contribution is 2.23. The molecule has 0 fully saturated rings. The number of hydrogen-bond acceptors (Lipinski definition) is 7. The Morgan fingerprint density at radius 1 is 1.11 bits per heavy atom. The maximum Gasteiger partial charge on any atom is 0.182 e. The zero-order valence-corrected chi connectivity index (χ0v) is 15.8. The Morgan fingerprint density at radius 3 is 2.64 bits per heavy atom. The van der Waals surface area contributed by atoms with E-state index in [4.69, 9.17) is 10.5 Å². The summed E-state index contributed by atoms with van der Waals surface area (Å²) in [7, 11) is -1.97. The fourth-order valence-electron chi connectivity index (χ4n) is 2.91. The molecule has 8 nitrogen and oxygen atoms in total. The molecule has 0 bridgehead atoms. The lowest BCUT2D eigenvalue weighted by atomic mass is 10.2. The predicted octanol–water partition coefficient (Wildman–Crippen LogP) is 2.38. The van der Waals surface area contributed by atoms with E-state index in [1.807, 2.05) is 6.07 Å². The molecule has 0 radical (unpaired) electrons. The molecule has 2 N–H and O–H groups in total. The zero-order valence-electron chi connectivity index (χ0n) is 15.0. The molecule has 2 aromatic carbocycles. The van der Waals surface area contributed by atoms with Crippen LogP contribution in [-0.2, 0) is 15.6 Å². The molecular weight excluding hydrogens is 378 g/mol. The van der Waals surface area contributed by atoms with Crippen molar-refractivity contribution in [2.75, 3.05) is 12.8 Å². The van der Waals surface area contributed by atoms with Gasteiger partial charge >= 0.3 is 0 Å². The predicted molar refractivity (Wildman–Crippen MR) is 105 cm³/mol. The molecule has 0 saturated heterocycles. The summed E-state index contributed by atoms with van der Waals surface area (Å²) in [5.41, 5.74) is 7.74. The summed E-state index contributed by atoms with van der Waals surface area (Å²) in [6, 6.07) is 13.5. The van der Waals surface area contributed by atoms with E-state index in [2.05, 4.69) is 15.1 Å². The van der Waals surface area contributed by atoms with Gasteiger partial charge in [0.05, 0.1) is 35.0 Å². The average molecular weight is 395 g/mol. The number of nitrogens with zero attached hydrogens (tertiary/aromatic N) is 4. The second-order valence-electron chi connectivity index (χ2n) is 6.16. The minimum Gasteiger partial charge on any atom is -0.497 e. The number of aromatic nitrogens is 4. The molecule has 142 valence electrons. The van der Waals surface area contributed by atoms with Crippen molar-refractivity contribution in [3.05, 3.63) is 66.6 Å². The number of hydrogen-bond donors (Lipinski definition) is 1. The number of anilines is 1. The van der Waals surface area contributed by atoms with Crippen LogP contribution in [0.4, 0.5) is 5.82 Å². The van der Waals surface area contributed by atoms with E-state index in [1.165, 1.54) is 13.4 Å². The third-order valence-corrected chi connectivity index (χ3v) is 6.03. The summed E-state index contributed by atoms with van der Waals surface area (Å²) in [4.78, 5) is 8.42. The number of nitrogen functional groups attached to an aromatic ring is 1. The van der Waals surface area contributed by atoms with Crippen LogP contribution in [0.3, 0.4) is 0 Å². The van der Waals surface area contributed by atoms with Gasteiger partial charge in [-0.15, -0.1) is 0 Å². The Bertz CT molecular complexity index is 1250. The lowest BCUT2D eigenvalue weighted by Gasteiger charge is -2.08. The Kier molecular flexibility index (Phi) is 4.44. The van der Waals surface area contributed by atoms with Crippen molar-refractivity contribution in [3.63, 3.8) is 0 Å². The molecule has 0 amide bonds. The smallest absolute Gasteiger partial charge is 0.182 e. The Labute approximate surface area is 161 Å². The second kappa shape index (κ2) is 6.93. The summed E-state index contributed by atoms with van der Waals surface area (Å²) in [6.45, 7) is 0. The Hall–Kier alpha value is -3.46. The number of sulfone groups is 1. The molecule has 0 aliphatic heterocycles. The molecule has 0 unspecified atom stereocenters. The molecule has 2 aromatic heterocycles. The van der Waals surface area contributed by atoms with Crippen LogP contribution in [-0.4, -0.2) is 35.3 Å². The molecule has 4 rings (SSSR count). The highest BCUT2D eigenvalue weighted by atomic mass is 32.2. The summed E-state index contributed by atoms with van der Waals surface area (Å²) < 4.78 is 32.2. The summed E-state index contributed by atoms with van der Waals surface area (Å²) in [5, 5.41) is 4.95. The van der Waals surface area contributed by atoms with Crippen LogP contribution in [0.15, 0.2) is 66.0 Å². The monoisotopic (exact) mass is 395 g/mol. The lowest BCUT2D eigenvalue weighted by molar-refractivity contribution is 0.414. The fraction of sp³-hybridized carbons (Fsp3) is 0.105. The van der Waals surface area contributed by atoms with E-state index in [0.717, 1.165) is 0 Å². The van der Waals surface area contributed by atoms with Crippen molar-refractivity contribution in [2.24, 2.45) is 0 Å². The van der Waals surface area contributed by atoms with Crippen molar-refractivity contribution < 1.29 is 13.2 Å². The van der Waals surface area contributed by atoms with E-state index in [0.29, 0.717) is 33.9 Å². The summed E-state index contributed by atoms with van der Waals surface area (Å²) in [6.07, 6.45) is 2.96. The van der Waals surface area contributed by atoms with Crippen molar-refractivity contribution in [1.29, 1.82) is 0 Å². The van der Waals surface area contributed by atoms with Crippen LogP contribution in [0.5, 0.6) is 5.75 Å². The van der Waals surface area contributed by atoms with Gasteiger partial charge in [-0.1, -0.05) is 12.1 Å². The number of nitrogens with two attached hydrogens (primary N) is 1. The van der Waals surface area contributed by atoms with Crippen LogP contribution in [0.25, 0.3) is 16.7 Å². The van der Waals surface area contributed by atoms with Gasteiger partial charge in [-0.2, -0.15) is 5.10 Å². The minimum absolute atomic E-state index is 0.135. The topological polar surface area (TPSA) is 113 Å². The van der Waals surface area contributed by atoms with E-state index >= 15 is 0 Å². The number of ether oxygens (including phenoxy) is 1. The average Bonchev–Trinajstić information content (AvgIpc) is 3.13. The highest BCUT2D eigenvalue weighted by molar-refractivity contribution is 7.90. The van der Waals surface area contributed by atoms with Gasteiger partial charge in [-0.25, -0.2) is 23.1 Å². The first kappa shape index (κ1) is 17.9. The fourth-order valence-corrected chi connectivity index (χ4v) is 4.25. The molecule has 0 aliphatic carbocycles. The normalized spacial score (nSPS) is 11.6. The van der Waals surface area contributed by atoms with Crippen molar-refractivity contribution in [2.45, 2.75) is 10.6 Å². The van der Waals surface area contributed by atoms with Crippen LogP contribution >= 0.6 is 0 Å².